The first-order chi connectivity index (χ1) is 21.3. The molecule has 0 aliphatic carbocycles. The number of nitrogens with one attached hydrogen (secondary N) is 1. The number of piperazine rings is 1. The van der Waals surface area contributed by atoms with E-state index in [0.717, 1.165) is 62.4 Å². The van der Waals surface area contributed by atoms with Gasteiger partial charge in [0.25, 0.3) is 17.4 Å². The number of hydrogen-bond acceptors (Lipinski definition) is 7. The fourth-order valence-electron chi connectivity index (χ4n) is 7.56. The molecule has 1 aromatic heterocycles. The van der Waals surface area contributed by atoms with Gasteiger partial charge in [0, 0.05) is 63.5 Å². The molecule has 3 unspecified atom stereocenters. The van der Waals surface area contributed by atoms with Crippen LogP contribution in [0.2, 0.25) is 0 Å². The van der Waals surface area contributed by atoms with Crippen molar-refractivity contribution in [2.24, 2.45) is 0 Å². The van der Waals surface area contributed by atoms with Crippen molar-refractivity contribution in [3.05, 3.63) is 46.2 Å². The quantitative estimate of drug-likeness (QED) is 0.459. The van der Waals surface area contributed by atoms with Gasteiger partial charge < -0.3 is 29.2 Å². The number of nitrogens with zero attached hydrogens (tertiary/aromatic N) is 4. The zero-order chi connectivity index (χ0) is 30.8. The van der Waals surface area contributed by atoms with Gasteiger partial charge in [-0.1, -0.05) is 18.2 Å². The minimum absolute atomic E-state index is 0.0261. The molecule has 3 atom stereocenters. The highest BCUT2D eigenvalue weighted by Gasteiger charge is 2.41. The fourth-order valence-corrected chi connectivity index (χ4v) is 7.56. The molecule has 3 amide bonds. The second kappa shape index (κ2) is 13.3. The van der Waals surface area contributed by atoms with E-state index in [4.69, 9.17) is 9.47 Å². The number of rotatable bonds is 8. The lowest BCUT2D eigenvalue weighted by Gasteiger charge is -2.39. The summed E-state index contributed by atoms with van der Waals surface area (Å²) >= 11 is 0. The molecule has 1 N–H and O–H groups in total. The average molecular weight is 608 g/mol. The number of carbonyl (C=O) groups is 3. The number of aromatic nitrogens is 1. The third-order valence-electron chi connectivity index (χ3n) is 9.77. The van der Waals surface area contributed by atoms with Gasteiger partial charge in [0.05, 0.1) is 12.1 Å². The van der Waals surface area contributed by atoms with E-state index < -0.39 is 0 Å². The Hall–Kier alpha value is -3.44. The molecule has 11 nitrogen and oxygen atoms in total. The maximum absolute atomic E-state index is 13.4. The van der Waals surface area contributed by atoms with Gasteiger partial charge in [-0.2, -0.15) is 0 Å². The summed E-state index contributed by atoms with van der Waals surface area (Å²) in [6.07, 6.45) is 5.68. The molecule has 238 valence electrons. The Kier molecular flexibility index (Phi) is 9.23. The molecule has 0 spiro atoms. The lowest BCUT2D eigenvalue weighted by atomic mass is 9.96. The van der Waals surface area contributed by atoms with E-state index >= 15 is 0 Å². The highest BCUT2D eigenvalue weighted by Crippen LogP contribution is 2.36. The number of para-hydroxylation sites is 1. The van der Waals surface area contributed by atoms with E-state index in [0.29, 0.717) is 51.5 Å². The first kappa shape index (κ1) is 30.6. The Bertz CT molecular complexity index is 1410. The predicted octanol–water partition coefficient (Wildman–Crippen LogP) is 3.16. The summed E-state index contributed by atoms with van der Waals surface area (Å²) in [7, 11) is 0. The van der Waals surface area contributed by atoms with E-state index in [9.17, 15) is 19.2 Å². The van der Waals surface area contributed by atoms with Crippen LogP contribution in [0, 0.1) is 0 Å². The number of hydrogen-bond donors (Lipinski definition) is 1. The van der Waals surface area contributed by atoms with E-state index in [1.165, 1.54) is 0 Å². The second-order valence-electron chi connectivity index (χ2n) is 12.9. The Morgan fingerprint density at radius 1 is 1.00 bits per heavy atom. The number of amides is 3. The number of benzene rings is 1. The molecule has 4 saturated heterocycles. The number of piperidine rings is 1. The monoisotopic (exact) mass is 607 g/mol. The van der Waals surface area contributed by atoms with Gasteiger partial charge in [-0.25, -0.2) is 4.79 Å². The molecule has 2 bridgehead atoms. The molecule has 4 aliphatic rings. The van der Waals surface area contributed by atoms with Crippen molar-refractivity contribution in [1.29, 1.82) is 0 Å². The molecule has 0 saturated carbocycles. The Morgan fingerprint density at radius 2 is 1.70 bits per heavy atom. The highest BCUT2D eigenvalue weighted by atomic mass is 16.6. The zero-order valence-electron chi connectivity index (χ0n) is 25.9. The minimum Gasteiger partial charge on any atom is -0.449 e. The molecule has 1 aromatic carbocycles. The van der Waals surface area contributed by atoms with Gasteiger partial charge in [0.1, 0.15) is 11.7 Å². The highest BCUT2D eigenvalue weighted by molar-refractivity contribution is 5.97. The molecule has 4 aliphatic heterocycles. The van der Waals surface area contributed by atoms with Crippen LogP contribution >= 0.6 is 0 Å². The summed E-state index contributed by atoms with van der Waals surface area (Å²) < 4.78 is 12.8. The van der Waals surface area contributed by atoms with Crippen molar-refractivity contribution in [2.45, 2.75) is 89.1 Å². The predicted molar refractivity (Wildman–Crippen MR) is 166 cm³/mol. The average Bonchev–Trinajstić information content (AvgIpc) is 3.64. The first-order valence-electron chi connectivity index (χ1n) is 16.3. The third-order valence-corrected chi connectivity index (χ3v) is 9.77. The Morgan fingerprint density at radius 3 is 2.39 bits per heavy atom. The molecule has 0 radical (unpaired) electrons. The SMILES string of the molecule is CC(C)n1c(=O)c(C(=O)NC2CC3CCC(C2)N3CCCOC(=O)N2CCN(C(=O)C3CCCO3)CC2)cc2ccccc21. The third kappa shape index (κ3) is 6.35. The van der Waals surface area contributed by atoms with Crippen molar-refractivity contribution in [2.75, 3.05) is 45.9 Å². The number of carbonyl (C=O) groups excluding carboxylic acids is 3. The van der Waals surface area contributed by atoms with E-state index in [1.807, 2.05) is 38.1 Å². The topological polar surface area (TPSA) is 113 Å². The van der Waals surface area contributed by atoms with E-state index in [2.05, 4.69) is 10.2 Å². The molecule has 2 aromatic rings. The minimum atomic E-state index is -0.322. The molecule has 5 heterocycles. The van der Waals surface area contributed by atoms with Crippen LogP contribution in [-0.2, 0) is 14.3 Å². The van der Waals surface area contributed by atoms with E-state index in [-0.39, 0.29) is 47.2 Å². The Balaban J connectivity index is 0.952. The van der Waals surface area contributed by atoms with Gasteiger partial charge in [-0.3, -0.25) is 19.3 Å². The van der Waals surface area contributed by atoms with Crippen molar-refractivity contribution < 1.29 is 23.9 Å². The van der Waals surface area contributed by atoms with Crippen LogP contribution in [0.3, 0.4) is 0 Å². The van der Waals surface area contributed by atoms with Crippen LogP contribution in [0.15, 0.2) is 35.1 Å². The normalized spacial score (nSPS) is 25.5. The van der Waals surface area contributed by atoms with E-state index in [1.54, 1.807) is 20.4 Å². The number of ether oxygens (including phenoxy) is 2. The van der Waals surface area contributed by atoms with Crippen LogP contribution in [-0.4, -0.2) is 107 Å². The molecule has 44 heavy (non-hydrogen) atoms. The van der Waals surface area contributed by atoms with Crippen molar-refractivity contribution in [3.63, 3.8) is 0 Å². The smallest absolute Gasteiger partial charge is 0.409 e. The summed E-state index contributed by atoms with van der Waals surface area (Å²) in [6, 6.07) is 10.1. The molecule has 4 fully saturated rings. The Labute approximate surface area is 258 Å². The molecular weight excluding hydrogens is 562 g/mol. The van der Waals surface area contributed by atoms with Gasteiger partial charge in [-0.15, -0.1) is 0 Å². The zero-order valence-corrected chi connectivity index (χ0v) is 25.9. The van der Waals surface area contributed by atoms with Gasteiger partial charge in [-0.05, 0) is 76.3 Å². The summed E-state index contributed by atoms with van der Waals surface area (Å²) in [6.45, 7) is 7.74. The maximum Gasteiger partial charge on any atom is 0.409 e. The first-order valence-corrected chi connectivity index (χ1v) is 16.3. The van der Waals surface area contributed by atoms with Crippen molar-refractivity contribution >= 4 is 28.8 Å². The van der Waals surface area contributed by atoms with Crippen LogP contribution in [0.4, 0.5) is 4.79 Å². The largest absolute Gasteiger partial charge is 0.449 e. The van der Waals surface area contributed by atoms with Crippen molar-refractivity contribution in [3.8, 4) is 0 Å². The van der Waals surface area contributed by atoms with Gasteiger partial charge in [0.15, 0.2) is 0 Å². The maximum atomic E-state index is 13.4. The summed E-state index contributed by atoms with van der Waals surface area (Å²) in [5, 5.41) is 4.07. The lowest BCUT2D eigenvalue weighted by Crippen LogP contribution is -2.53. The van der Waals surface area contributed by atoms with Crippen molar-refractivity contribution in [1.82, 2.24) is 24.6 Å². The second-order valence-corrected chi connectivity index (χ2v) is 12.9. The van der Waals surface area contributed by atoms with Gasteiger partial charge >= 0.3 is 6.09 Å². The molecule has 11 heteroatoms. The summed E-state index contributed by atoms with van der Waals surface area (Å²) in [4.78, 5) is 57.9. The fraction of sp³-hybridized carbons (Fsp3) is 0.636. The lowest BCUT2D eigenvalue weighted by molar-refractivity contribution is -0.142. The van der Waals surface area contributed by atoms with Crippen LogP contribution in [0.25, 0.3) is 10.9 Å². The standard InChI is InChI=1S/C33H45N5O6/c1-22(2)38-28-8-4-3-7-23(28)19-27(31(38)40)30(39)34-24-20-25-10-11-26(21-24)37(25)12-6-18-44-33(42)36-15-13-35(14-16-36)32(41)29-9-5-17-43-29/h3-4,7-8,19,22,24-26,29H,5-6,9-18,20-21H2,1-2H3,(H,34,39). The van der Waals surface area contributed by atoms with Gasteiger partial charge in [0.2, 0.25) is 0 Å². The van der Waals surface area contributed by atoms with Crippen LogP contribution in [0.5, 0.6) is 0 Å². The summed E-state index contributed by atoms with van der Waals surface area (Å²) in [5.41, 5.74) is 0.787. The molecular formula is C33H45N5O6. The molecule has 6 rings (SSSR count). The summed E-state index contributed by atoms with van der Waals surface area (Å²) in [5.74, 6) is -0.256. The van der Waals surface area contributed by atoms with Crippen LogP contribution < -0.4 is 10.9 Å². The van der Waals surface area contributed by atoms with Crippen LogP contribution in [0.1, 0.15) is 75.2 Å². The number of fused-ring (bicyclic) bond motifs is 3. The number of pyridine rings is 1.